The summed E-state index contributed by atoms with van der Waals surface area (Å²) in [6.45, 7) is 0.988. The van der Waals surface area contributed by atoms with Crippen LogP contribution in [0, 0.1) is 17.8 Å². The van der Waals surface area contributed by atoms with E-state index in [1.807, 2.05) is 24.3 Å². The molecule has 2 unspecified atom stereocenters. The summed E-state index contributed by atoms with van der Waals surface area (Å²) >= 11 is 0. The first-order chi connectivity index (χ1) is 14.2. The number of halogens is 1. The number of nitrogens with zero attached hydrogens (tertiary/aromatic N) is 3. The van der Waals surface area contributed by atoms with E-state index in [9.17, 15) is 4.79 Å². The van der Waals surface area contributed by atoms with Gasteiger partial charge in [0.2, 0.25) is 5.91 Å². The van der Waals surface area contributed by atoms with Gasteiger partial charge in [-0.2, -0.15) is 0 Å². The lowest BCUT2D eigenvalue weighted by Crippen LogP contribution is -2.48. The Morgan fingerprint density at radius 2 is 1.73 bits per heavy atom. The molecule has 6 nitrogen and oxygen atoms in total. The van der Waals surface area contributed by atoms with E-state index in [1.54, 1.807) is 0 Å². The van der Waals surface area contributed by atoms with Gasteiger partial charge < -0.3 is 15.6 Å². The average molecular weight is 430 g/mol. The third-order valence-electron chi connectivity index (χ3n) is 7.30. The van der Waals surface area contributed by atoms with Gasteiger partial charge in [0.05, 0.1) is 0 Å². The minimum absolute atomic E-state index is 0. The number of rotatable bonds is 3. The highest BCUT2D eigenvalue weighted by atomic mass is 35.5. The highest BCUT2D eigenvalue weighted by Gasteiger charge is 2.40. The van der Waals surface area contributed by atoms with E-state index < -0.39 is 0 Å². The molecule has 1 amide bonds. The fraction of sp³-hybridized carbons (Fsp3) is 0.609. The van der Waals surface area contributed by atoms with Gasteiger partial charge in [-0.3, -0.25) is 4.79 Å². The Labute approximate surface area is 184 Å². The Kier molecular flexibility index (Phi) is 6.44. The molecule has 2 saturated carbocycles. The largest absolute Gasteiger partial charge is 0.327 e. The van der Waals surface area contributed by atoms with Crippen LogP contribution in [0.2, 0.25) is 0 Å². The predicted octanol–water partition coefficient (Wildman–Crippen LogP) is 4.19. The smallest absolute Gasteiger partial charge is 0.227 e. The number of nitrogens with two attached hydrogens (primary N) is 1. The number of carbonyl (C=O) groups excluding carboxylic acids is 1. The molecule has 3 N–H and O–H groups in total. The lowest BCUT2D eigenvalue weighted by atomic mass is 9.65. The maximum atomic E-state index is 12.9. The van der Waals surface area contributed by atoms with Crippen LogP contribution in [0.15, 0.2) is 24.3 Å². The summed E-state index contributed by atoms with van der Waals surface area (Å²) in [5.41, 5.74) is 8.29. The first-order valence-electron chi connectivity index (χ1n) is 11.3. The van der Waals surface area contributed by atoms with Crippen molar-refractivity contribution >= 4 is 24.0 Å². The van der Waals surface area contributed by atoms with Gasteiger partial charge in [0.25, 0.3) is 0 Å². The summed E-state index contributed by atoms with van der Waals surface area (Å²) in [4.78, 5) is 12.9. The van der Waals surface area contributed by atoms with Gasteiger partial charge in [0.1, 0.15) is 5.82 Å². The van der Waals surface area contributed by atoms with Crippen LogP contribution in [-0.2, 0) is 17.8 Å². The lowest BCUT2D eigenvalue weighted by Gasteiger charge is -2.43. The molecule has 2 fully saturated rings. The SMILES string of the molecule is Cl.NC1C2CCCC1CC(C(=O)Nc1ccc(-c3nnc4n3CCCCC4)cc1)C2. The first kappa shape index (κ1) is 21.3. The van der Waals surface area contributed by atoms with Gasteiger partial charge in [-0.25, -0.2) is 0 Å². The van der Waals surface area contributed by atoms with Gasteiger partial charge in [-0.05, 0) is 74.6 Å². The minimum Gasteiger partial charge on any atom is -0.327 e. The number of nitrogens with one attached hydrogen (secondary N) is 1. The summed E-state index contributed by atoms with van der Waals surface area (Å²) in [7, 11) is 0. The highest BCUT2D eigenvalue weighted by molar-refractivity contribution is 5.92. The molecule has 2 atom stereocenters. The molecule has 0 spiro atoms. The molecule has 2 aliphatic carbocycles. The van der Waals surface area contributed by atoms with Crippen LogP contribution >= 0.6 is 12.4 Å². The van der Waals surface area contributed by atoms with Gasteiger partial charge in [-0.15, -0.1) is 22.6 Å². The van der Waals surface area contributed by atoms with E-state index in [1.165, 1.54) is 38.5 Å². The van der Waals surface area contributed by atoms with Crippen LogP contribution in [-0.4, -0.2) is 26.7 Å². The molecule has 2 aromatic rings. The van der Waals surface area contributed by atoms with Crippen molar-refractivity contribution in [1.82, 2.24) is 14.8 Å². The zero-order valence-electron chi connectivity index (χ0n) is 17.4. The van der Waals surface area contributed by atoms with Crippen LogP contribution in [0.25, 0.3) is 11.4 Å². The van der Waals surface area contributed by atoms with E-state index in [0.29, 0.717) is 17.9 Å². The van der Waals surface area contributed by atoms with Gasteiger partial charge in [-0.1, -0.05) is 12.8 Å². The minimum atomic E-state index is 0. The van der Waals surface area contributed by atoms with Crippen molar-refractivity contribution in [1.29, 1.82) is 0 Å². The van der Waals surface area contributed by atoms with E-state index in [0.717, 1.165) is 48.7 Å². The number of hydrogen-bond donors (Lipinski definition) is 2. The predicted molar refractivity (Wildman–Crippen MR) is 120 cm³/mol. The molecule has 5 rings (SSSR count). The van der Waals surface area contributed by atoms with Crippen LogP contribution in [0.1, 0.15) is 57.2 Å². The second-order valence-corrected chi connectivity index (χ2v) is 9.17. The number of fused-ring (bicyclic) bond motifs is 3. The maximum Gasteiger partial charge on any atom is 0.227 e. The van der Waals surface area contributed by atoms with Crippen LogP contribution < -0.4 is 11.1 Å². The molecule has 1 aliphatic heterocycles. The van der Waals surface area contributed by atoms with Crippen LogP contribution in [0.4, 0.5) is 5.69 Å². The number of amides is 1. The Morgan fingerprint density at radius 1 is 1.00 bits per heavy atom. The van der Waals surface area contributed by atoms with Crippen molar-refractivity contribution in [3.63, 3.8) is 0 Å². The average Bonchev–Trinajstić information content (AvgIpc) is 2.96. The summed E-state index contributed by atoms with van der Waals surface area (Å²) < 4.78 is 2.25. The quantitative estimate of drug-likeness (QED) is 0.766. The molecule has 0 saturated heterocycles. The number of hydrogen-bond acceptors (Lipinski definition) is 4. The number of benzene rings is 1. The van der Waals surface area contributed by atoms with E-state index >= 15 is 0 Å². The molecule has 1 aromatic carbocycles. The first-order valence-corrected chi connectivity index (χ1v) is 11.3. The van der Waals surface area contributed by atoms with E-state index in [2.05, 4.69) is 20.1 Å². The van der Waals surface area contributed by atoms with E-state index in [4.69, 9.17) is 5.73 Å². The molecular formula is C23H32ClN5O. The Bertz CT molecular complexity index is 866. The highest BCUT2D eigenvalue weighted by Crippen LogP contribution is 2.42. The zero-order valence-corrected chi connectivity index (χ0v) is 18.2. The maximum absolute atomic E-state index is 12.9. The van der Waals surface area contributed by atoms with Crippen molar-refractivity contribution in [2.75, 3.05) is 5.32 Å². The number of carbonyl (C=O) groups is 1. The summed E-state index contributed by atoms with van der Waals surface area (Å²) in [5, 5.41) is 12.0. The van der Waals surface area contributed by atoms with Gasteiger partial charge >= 0.3 is 0 Å². The standard InChI is InChI=1S/C23H31N5O.ClH/c24-21-16-5-4-6-17(21)14-18(13-16)23(29)25-19-10-8-15(9-11-19)22-27-26-20-7-2-1-3-12-28(20)22;/h8-11,16-18,21H,1-7,12-14,24H2,(H,25,29);1H. The summed E-state index contributed by atoms with van der Waals surface area (Å²) in [6, 6.07) is 8.36. The lowest BCUT2D eigenvalue weighted by molar-refractivity contribution is -0.122. The Balaban J connectivity index is 0.00000218. The molecular weight excluding hydrogens is 398 g/mol. The van der Waals surface area contributed by atoms with Crippen molar-refractivity contribution in [2.24, 2.45) is 23.5 Å². The van der Waals surface area contributed by atoms with E-state index in [-0.39, 0.29) is 24.2 Å². The van der Waals surface area contributed by atoms with Crippen molar-refractivity contribution in [3.8, 4) is 11.4 Å². The Hall–Kier alpha value is -1.92. The third-order valence-corrected chi connectivity index (χ3v) is 7.30. The summed E-state index contributed by atoms with van der Waals surface area (Å²) in [6.07, 6.45) is 10.1. The number of anilines is 1. The molecule has 162 valence electrons. The topological polar surface area (TPSA) is 85.8 Å². The number of aromatic nitrogens is 3. The summed E-state index contributed by atoms with van der Waals surface area (Å²) in [5.74, 6) is 3.31. The molecule has 7 heteroatoms. The van der Waals surface area contributed by atoms with Gasteiger partial charge in [0.15, 0.2) is 5.82 Å². The second kappa shape index (κ2) is 9.06. The van der Waals surface area contributed by atoms with Crippen LogP contribution in [0.5, 0.6) is 0 Å². The van der Waals surface area contributed by atoms with Crippen LogP contribution in [0.3, 0.4) is 0 Å². The third kappa shape index (κ3) is 4.12. The normalized spacial score (nSPS) is 28.0. The second-order valence-electron chi connectivity index (χ2n) is 9.17. The molecule has 2 bridgehead atoms. The monoisotopic (exact) mass is 429 g/mol. The zero-order chi connectivity index (χ0) is 19.8. The fourth-order valence-corrected chi connectivity index (χ4v) is 5.65. The molecule has 3 aliphatic rings. The van der Waals surface area contributed by atoms with Crippen molar-refractivity contribution < 1.29 is 4.79 Å². The molecule has 1 aromatic heterocycles. The molecule has 0 radical (unpaired) electrons. The molecule has 2 heterocycles. The fourth-order valence-electron chi connectivity index (χ4n) is 5.65. The van der Waals surface area contributed by atoms with Crippen molar-refractivity contribution in [3.05, 3.63) is 30.1 Å². The molecule has 30 heavy (non-hydrogen) atoms. The van der Waals surface area contributed by atoms with Gasteiger partial charge in [0, 0.05) is 36.2 Å². The number of aryl methyl sites for hydroxylation is 1. The Morgan fingerprint density at radius 3 is 2.47 bits per heavy atom. The van der Waals surface area contributed by atoms with Crippen molar-refractivity contribution in [2.45, 2.75) is 70.4 Å².